The second-order valence-electron chi connectivity index (χ2n) is 12.8. The second-order valence-corrected chi connectivity index (χ2v) is 12.8. The van der Waals surface area contributed by atoms with Gasteiger partial charge in [0.25, 0.3) is 0 Å². The van der Waals surface area contributed by atoms with Gasteiger partial charge in [-0.2, -0.15) is 0 Å². The minimum Gasteiger partial charge on any atom is -0.508 e. The summed E-state index contributed by atoms with van der Waals surface area (Å²) in [5, 5.41) is 39.6. The summed E-state index contributed by atoms with van der Waals surface area (Å²) in [6, 6.07) is 11.4. The van der Waals surface area contributed by atoms with Crippen molar-refractivity contribution in [3.05, 3.63) is 77.6 Å². The van der Waals surface area contributed by atoms with Crippen molar-refractivity contribution in [1.82, 2.24) is 41.6 Å². The second kappa shape index (κ2) is 21.5. The lowest BCUT2D eigenvalue weighted by Gasteiger charge is -2.22. The van der Waals surface area contributed by atoms with Crippen LogP contribution in [0.2, 0.25) is 0 Å². The summed E-state index contributed by atoms with van der Waals surface area (Å²) in [6.07, 6.45) is 2.55. The molecule has 3 aromatic rings. The molecule has 0 saturated heterocycles. The van der Waals surface area contributed by atoms with Crippen LogP contribution in [0.3, 0.4) is 0 Å². The molecule has 0 unspecified atom stereocenters. The third kappa shape index (κ3) is 15.5. The molecule has 17 heteroatoms. The van der Waals surface area contributed by atoms with E-state index in [0.29, 0.717) is 29.7 Å². The molecule has 16 nitrogen and oxygen atoms in total. The van der Waals surface area contributed by atoms with Crippen molar-refractivity contribution < 1.29 is 43.4 Å². The summed E-state index contributed by atoms with van der Waals surface area (Å²) >= 11 is 0. The minimum atomic E-state index is -1.20. The van der Waals surface area contributed by atoms with Gasteiger partial charge in [0.05, 0.1) is 32.0 Å². The van der Waals surface area contributed by atoms with Gasteiger partial charge in [-0.05, 0) is 48.4 Å². The summed E-state index contributed by atoms with van der Waals surface area (Å²) < 4.78 is 13.9. The highest BCUT2D eigenvalue weighted by Gasteiger charge is 2.28. The molecule has 1 aromatic heterocycles. The van der Waals surface area contributed by atoms with Gasteiger partial charge in [-0.15, -0.1) is 5.10 Å². The fourth-order valence-corrected chi connectivity index (χ4v) is 5.17. The monoisotopic (exact) mass is 737 g/mol. The molecule has 0 aliphatic rings. The first-order valence-electron chi connectivity index (χ1n) is 17.3. The number of nitrogens with one attached hydrogen (secondary N) is 5. The van der Waals surface area contributed by atoms with E-state index in [0.717, 1.165) is 0 Å². The molecule has 0 spiro atoms. The lowest BCUT2D eigenvalue weighted by Crippen LogP contribution is -2.54. The predicted molar refractivity (Wildman–Crippen MR) is 190 cm³/mol. The average molecular weight is 738 g/mol. The van der Waals surface area contributed by atoms with Crippen molar-refractivity contribution in [2.75, 3.05) is 19.8 Å². The topological polar surface area (TPSA) is 234 Å². The quantitative estimate of drug-likeness (QED) is 0.0758. The first-order valence-corrected chi connectivity index (χ1v) is 17.3. The van der Waals surface area contributed by atoms with Gasteiger partial charge in [0.2, 0.25) is 29.5 Å². The maximum absolute atomic E-state index is 13.2. The van der Waals surface area contributed by atoms with Crippen molar-refractivity contribution in [2.45, 2.75) is 77.0 Å². The highest BCUT2D eigenvalue weighted by atomic mass is 18.2. The Morgan fingerprint density at radius 3 is 2.04 bits per heavy atom. The van der Waals surface area contributed by atoms with Crippen LogP contribution < -0.4 is 26.6 Å². The van der Waals surface area contributed by atoms with Gasteiger partial charge < -0.3 is 36.8 Å². The first-order chi connectivity index (χ1) is 25.3. The average Bonchev–Trinajstić information content (AvgIpc) is 3.59. The standard InChI is InChI=1S/C36H47FN8O8/c1-23(2)17-30(36(52)53)42-35(51)29(18-24-7-4-3-5-8-24)41-33(49)21-38-32(48)20-39-34(50)28(19-25-10-12-27(46)13-11-25)40-31(47)14-16-45-22-26(43-44-45)9-6-15-37/h3-5,7-8,10-13,22-23,28-30,46H,6,9,14-21H2,1-2H3,(H,38,48)(H,39,50)(H,40,47)(H,41,49)(H,42,51)(H,52,53)/t28-,29-,30-/m0/s1/i37-1. The molecule has 5 amide bonds. The maximum Gasteiger partial charge on any atom is 0.326 e. The van der Waals surface area contributed by atoms with Crippen LogP contribution in [0, 0.1) is 5.92 Å². The molecule has 0 aliphatic carbocycles. The molecule has 3 atom stereocenters. The predicted octanol–water partition coefficient (Wildman–Crippen LogP) is 0.579. The van der Waals surface area contributed by atoms with E-state index in [4.69, 9.17) is 0 Å². The molecule has 0 aliphatic heterocycles. The van der Waals surface area contributed by atoms with E-state index in [2.05, 4.69) is 36.9 Å². The lowest BCUT2D eigenvalue weighted by molar-refractivity contribution is -0.142. The number of rotatable bonds is 22. The Balaban J connectivity index is 1.56. The molecule has 0 fully saturated rings. The van der Waals surface area contributed by atoms with Crippen molar-refractivity contribution in [3.8, 4) is 5.75 Å². The third-order valence-electron chi connectivity index (χ3n) is 7.87. The number of amides is 5. The van der Waals surface area contributed by atoms with Gasteiger partial charge in [0, 0.05) is 25.5 Å². The number of hydrogen-bond acceptors (Lipinski definition) is 9. The van der Waals surface area contributed by atoms with Crippen LogP contribution in [0.25, 0.3) is 0 Å². The summed E-state index contributed by atoms with van der Waals surface area (Å²) in [7, 11) is 0. The molecule has 286 valence electrons. The fraction of sp³-hybridized carbons (Fsp3) is 0.444. The number of aliphatic carboxylic acids is 1. The van der Waals surface area contributed by atoms with Crippen molar-refractivity contribution in [1.29, 1.82) is 0 Å². The van der Waals surface area contributed by atoms with Gasteiger partial charge >= 0.3 is 5.97 Å². The van der Waals surface area contributed by atoms with Crippen molar-refractivity contribution in [3.63, 3.8) is 0 Å². The normalized spacial score (nSPS) is 12.6. The minimum absolute atomic E-state index is 0.0146. The smallest absolute Gasteiger partial charge is 0.326 e. The zero-order chi connectivity index (χ0) is 38.8. The molecule has 0 bridgehead atoms. The maximum atomic E-state index is 13.2. The summed E-state index contributed by atoms with van der Waals surface area (Å²) in [5.41, 5.74) is 1.92. The number of benzene rings is 2. The Bertz CT molecular complexity index is 1670. The number of hydrogen-bond donors (Lipinski definition) is 7. The zero-order valence-electron chi connectivity index (χ0n) is 29.7. The van der Waals surface area contributed by atoms with Crippen molar-refractivity contribution in [2.24, 2.45) is 5.92 Å². The SMILES string of the molecule is CC(C)C[C@H](NC(=O)[C@H](Cc1ccccc1)NC(=O)CNC(=O)CNC(=O)[C@H](Cc1ccc(O)cc1)NC(=O)CCn1cc(CCC[18F])nn1)C(=O)O. The first kappa shape index (κ1) is 41.5. The molecule has 7 N–H and O–H groups in total. The molecule has 1 heterocycles. The van der Waals surface area contributed by atoms with E-state index in [-0.39, 0.29) is 43.9 Å². The Morgan fingerprint density at radius 1 is 0.774 bits per heavy atom. The van der Waals surface area contributed by atoms with Crippen molar-refractivity contribution >= 4 is 35.5 Å². The van der Waals surface area contributed by atoms with E-state index in [1.54, 1.807) is 48.7 Å². The molecule has 53 heavy (non-hydrogen) atoms. The highest BCUT2D eigenvalue weighted by molar-refractivity contribution is 5.93. The van der Waals surface area contributed by atoms with Crippen LogP contribution in [0.15, 0.2) is 60.8 Å². The fourth-order valence-electron chi connectivity index (χ4n) is 5.17. The van der Waals surface area contributed by atoms with Crippen LogP contribution in [0.4, 0.5) is 4.39 Å². The highest BCUT2D eigenvalue weighted by Crippen LogP contribution is 2.12. The molecule has 2 aromatic carbocycles. The molecular formula is C36H47FN8O8. The number of carboxylic acids is 1. The largest absolute Gasteiger partial charge is 0.508 e. The van der Waals surface area contributed by atoms with Gasteiger partial charge in [0.15, 0.2) is 0 Å². The zero-order valence-corrected chi connectivity index (χ0v) is 29.7. The van der Waals surface area contributed by atoms with Crippen LogP contribution in [0.5, 0.6) is 5.75 Å². The number of phenolic OH excluding ortho intramolecular Hbond substituents is 1. The number of nitrogens with zero attached hydrogens (tertiary/aromatic N) is 3. The molecular weight excluding hydrogens is 690 g/mol. The summed E-state index contributed by atoms with van der Waals surface area (Å²) in [4.78, 5) is 76.4. The van der Waals surface area contributed by atoms with Crippen LogP contribution in [-0.2, 0) is 54.6 Å². The Kier molecular flexibility index (Phi) is 16.8. The summed E-state index contributed by atoms with van der Waals surface area (Å²) in [5.74, 6) is -4.54. The van der Waals surface area contributed by atoms with Crippen LogP contribution in [0.1, 0.15) is 49.9 Å². The number of phenols is 1. The number of halogens is 1. The number of aromatic nitrogens is 3. The van der Waals surface area contributed by atoms with Gasteiger partial charge in [0.1, 0.15) is 23.9 Å². The number of aryl methyl sites for hydroxylation is 2. The van der Waals surface area contributed by atoms with Gasteiger partial charge in [-0.25, -0.2) is 4.79 Å². The third-order valence-corrected chi connectivity index (χ3v) is 7.87. The number of aromatic hydroxyl groups is 1. The Hall–Kier alpha value is -5.87. The number of carbonyl (C=O) groups excluding carboxylic acids is 5. The number of alkyl halides is 1. The van der Waals surface area contributed by atoms with E-state index in [1.165, 1.54) is 16.8 Å². The van der Waals surface area contributed by atoms with E-state index >= 15 is 0 Å². The van der Waals surface area contributed by atoms with E-state index in [1.807, 2.05) is 13.8 Å². The summed E-state index contributed by atoms with van der Waals surface area (Å²) in [6.45, 7) is 2.21. The van der Waals surface area contributed by atoms with Gasteiger partial charge in [-0.3, -0.25) is 33.0 Å². The van der Waals surface area contributed by atoms with E-state index in [9.17, 15) is 43.4 Å². The Morgan fingerprint density at radius 2 is 1.40 bits per heavy atom. The molecule has 0 saturated carbocycles. The Labute approximate surface area is 306 Å². The van der Waals surface area contributed by atoms with Crippen LogP contribution in [-0.4, -0.2) is 98.6 Å². The van der Waals surface area contributed by atoms with Gasteiger partial charge in [-0.1, -0.05) is 61.5 Å². The van der Waals surface area contributed by atoms with E-state index < -0.39 is 73.4 Å². The number of carboxylic acid groups (broad SMARTS) is 1. The number of carbonyl (C=O) groups is 6. The lowest BCUT2D eigenvalue weighted by atomic mass is 10.0. The molecule has 3 rings (SSSR count). The molecule has 0 radical (unpaired) electrons. The van der Waals surface area contributed by atoms with Crippen LogP contribution >= 0.6 is 0 Å².